The number of fused-ring (bicyclic) bond motifs is 1. The molecule has 0 bridgehead atoms. The number of benzene rings is 3. The average molecular weight is 431 g/mol. The Hall–Kier alpha value is -3.80. The monoisotopic (exact) mass is 430 g/mol. The summed E-state index contributed by atoms with van der Waals surface area (Å²) < 4.78 is 11.2. The van der Waals surface area contributed by atoms with Crippen molar-refractivity contribution >= 4 is 17.5 Å². The van der Waals surface area contributed by atoms with Crippen LogP contribution in [0.15, 0.2) is 72.8 Å². The first-order valence-electron chi connectivity index (χ1n) is 10.6. The number of ether oxygens (including phenoxy) is 2. The molecular weight excluding hydrogens is 404 g/mol. The lowest BCUT2D eigenvalue weighted by Crippen LogP contribution is -2.38. The van der Waals surface area contributed by atoms with Gasteiger partial charge in [-0.2, -0.15) is 0 Å². The standard InChI is InChI=1S/C26H26N2O4/c1-3-23-26(30)28(16-18-8-5-4-6-9-18)17-20-14-21(12-13-24(20)32-23)27-25(29)19-10-7-11-22(15-19)31-2/h4-15,23H,3,16-17H2,1-2H3,(H,27,29)/t23-/m0/s1. The van der Waals surface area contributed by atoms with Crippen LogP contribution in [0, 0.1) is 0 Å². The summed E-state index contributed by atoms with van der Waals surface area (Å²) in [5.41, 5.74) is 3.06. The van der Waals surface area contributed by atoms with Gasteiger partial charge < -0.3 is 19.7 Å². The van der Waals surface area contributed by atoms with Crippen LogP contribution >= 0.6 is 0 Å². The predicted octanol–water partition coefficient (Wildman–Crippen LogP) is 4.65. The van der Waals surface area contributed by atoms with E-state index in [0.717, 1.165) is 11.1 Å². The summed E-state index contributed by atoms with van der Waals surface area (Å²) in [7, 11) is 1.57. The molecule has 32 heavy (non-hydrogen) atoms. The van der Waals surface area contributed by atoms with E-state index in [1.54, 1.807) is 37.4 Å². The molecule has 0 radical (unpaired) electrons. The Bertz CT molecular complexity index is 1110. The maximum atomic E-state index is 13.1. The number of hydrogen-bond donors (Lipinski definition) is 1. The zero-order valence-corrected chi connectivity index (χ0v) is 18.2. The average Bonchev–Trinajstić information content (AvgIpc) is 2.95. The van der Waals surface area contributed by atoms with Crippen LogP contribution in [0.25, 0.3) is 0 Å². The number of nitrogens with one attached hydrogen (secondary N) is 1. The molecule has 3 aromatic carbocycles. The van der Waals surface area contributed by atoms with Crippen LogP contribution in [0.4, 0.5) is 5.69 Å². The summed E-state index contributed by atoms with van der Waals surface area (Å²) in [6.07, 6.45) is 0.0509. The van der Waals surface area contributed by atoms with E-state index < -0.39 is 6.10 Å². The first-order valence-corrected chi connectivity index (χ1v) is 10.6. The van der Waals surface area contributed by atoms with Crippen molar-refractivity contribution in [2.24, 2.45) is 0 Å². The van der Waals surface area contributed by atoms with Crippen LogP contribution in [0.2, 0.25) is 0 Å². The van der Waals surface area contributed by atoms with Gasteiger partial charge >= 0.3 is 0 Å². The molecular formula is C26H26N2O4. The Morgan fingerprint density at radius 2 is 1.91 bits per heavy atom. The summed E-state index contributed by atoms with van der Waals surface area (Å²) in [5, 5.41) is 2.93. The Labute approximate surface area is 187 Å². The number of methoxy groups -OCH3 is 1. The molecule has 0 fully saturated rings. The first kappa shape index (κ1) is 21.4. The normalized spacial score (nSPS) is 15.4. The van der Waals surface area contributed by atoms with Gasteiger partial charge in [0.25, 0.3) is 11.8 Å². The van der Waals surface area contributed by atoms with Crippen LogP contribution in [0.1, 0.15) is 34.8 Å². The van der Waals surface area contributed by atoms with Gasteiger partial charge in [-0.05, 0) is 48.4 Å². The Morgan fingerprint density at radius 1 is 1.09 bits per heavy atom. The van der Waals surface area contributed by atoms with Gasteiger partial charge in [-0.15, -0.1) is 0 Å². The highest BCUT2D eigenvalue weighted by Crippen LogP contribution is 2.30. The molecule has 1 heterocycles. The van der Waals surface area contributed by atoms with E-state index in [2.05, 4.69) is 5.32 Å². The smallest absolute Gasteiger partial charge is 0.264 e. The fraction of sp³-hybridized carbons (Fsp3) is 0.231. The van der Waals surface area contributed by atoms with E-state index in [0.29, 0.717) is 42.3 Å². The molecule has 6 heteroatoms. The van der Waals surface area contributed by atoms with Crippen LogP contribution in [-0.2, 0) is 17.9 Å². The number of anilines is 1. The second kappa shape index (κ2) is 9.56. The molecule has 0 unspecified atom stereocenters. The highest BCUT2D eigenvalue weighted by atomic mass is 16.5. The molecule has 1 N–H and O–H groups in total. The molecule has 6 nitrogen and oxygen atoms in total. The van der Waals surface area contributed by atoms with Gasteiger partial charge in [-0.25, -0.2) is 0 Å². The highest BCUT2D eigenvalue weighted by Gasteiger charge is 2.30. The third-order valence-electron chi connectivity index (χ3n) is 5.45. The second-order valence-corrected chi connectivity index (χ2v) is 7.70. The van der Waals surface area contributed by atoms with Gasteiger partial charge in [0, 0.05) is 29.9 Å². The Balaban J connectivity index is 1.58. The molecule has 0 spiro atoms. The van der Waals surface area contributed by atoms with Gasteiger partial charge in [-0.1, -0.05) is 43.3 Å². The molecule has 2 amide bonds. The summed E-state index contributed by atoms with van der Waals surface area (Å²) in [5.74, 6) is 1.02. The molecule has 3 aromatic rings. The molecule has 0 saturated heterocycles. The van der Waals surface area contributed by atoms with Crippen LogP contribution in [-0.4, -0.2) is 29.9 Å². The van der Waals surface area contributed by atoms with Crippen molar-refractivity contribution in [1.29, 1.82) is 0 Å². The first-order chi connectivity index (χ1) is 15.6. The third-order valence-corrected chi connectivity index (χ3v) is 5.45. The number of carbonyl (C=O) groups is 2. The number of carbonyl (C=O) groups excluding carboxylic acids is 2. The Morgan fingerprint density at radius 3 is 2.66 bits per heavy atom. The van der Waals surface area contributed by atoms with Gasteiger partial charge in [-0.3, -0.25) is 9.59 Å². The van der Waals surface area contributed by atoms with Crippen molar-refractivity contribution in [3.05, 3.63) is 89.5 Å². The highest BCUT2D eigenvalue weighted by molar-refractivity contribution is 6.04. The van der Waals surface area contributed by atoms with E-state index in [4.69, 9.17) is 9.47 Å². The van der Waals surface area contributed by atoms with Gasteiger partial charge in [0.1, 0.15) is 11.5 Å². The SMILES string of the molecule is CC[C@@H]1Oc2ccc(NC(=O)c3cccc(OC)c3)cc2CN(Cc2ccccc2)C1=O. The number of amides is 2. The van der Waals surface area contributed by atoms with Crippen molar-refractivity contribution in [1.82, 2.24) is 4.90 Å². The minimum absolute atomic E-state index is 0.0329. The summed E-state index contributed by atoms with van der Waals surface area (Å²) in [4.78, 5) is 27.6. The van der Waals surface area contributed by atoms with Crippen molar-refractivity contribution in [2.75, 3.05) is 12.4 Å². The van der Waals surface area contributed by atoms with Crippen molar-refractivity contribution < 1.29 is 19.1 Å². The van der Waals surface area contributed by atoms with E-state index in [1.165, 1.54) is 0 Å². The maximum Gasteiger partial charge on any atom is 0.264 e. The minimum Gasteiger partial charge on any atom is -0.497 e. The lowest BCUT2D eigenvalue weighted by atomic mass is 10.1. The third kappa shape index (κ3) is 4.75. The van der Waals surface area contributed by atoms with E-state index in [9.17, 15) is 9.59 Å². The molecule has 0 aromatic heterocycles. The molecule has 164 valence electrons. The molecule has 1 atom stereocenters. The molecule has 4 rings (SSSR count). The number of nitrogens with zero attached hydrogens (tertiary/aromatic N) is 1. The largest absolute Gasteiger partial charge is 0.497 e. The topological polar surface area (TPSA) is 67.9 Å². The zero-order valence-electron chi connectivity index (χ0n) is 18.2. The molecule has 0 aliphatic carbocycles. The second-order valence-electron chi connectivity index (χ2n) is 7.70. The molecule has 1 aliphatic heterocycles. The fourth-order valence-electron chi connectivity index (χ4n) is 3.75. The zero-order chi connectivity index (χ0) is 22.5. The van der Waals surface area contributed by atoms with E-state index in [-0.39, 0.29) is 11.8 Å². The lowest BCUT2D eigenvalue weighted by molar-refractivity contribution is -0.139. The van der Waals surface area contributed by atoms with Gasteiger partial charge in [0.2, 0.25) is 0 Å². The van der Waals surface area contributed by atoms with Crippen molar-refractivity contribution in [2.45, 2.75) is 32.5 Å². The molecule has 1 aliphatic rings. The van der Waals surface area contributed by atoms with Gasteiger partial charge in [0.15, 0.2) is 6.10 Å². The van der Waals surface area contributed by atoms with Crippen molar-refractivity contribution in [3.63, 3.8) is 0 Å². The summed E-state index contributed by atoms with van der Waals surface area (Å²) in [6.45, 7) is 2.85. The van der Waals surface area contributed by atoms with E-state index >= 15 is 0 Å². The van der Waals surface area contributed by atoms with Crippen LogP contribution < -0.4 is 14.8 Å². The predicted molar refractivity (Wildman–Crippen MR) is 123 cm³/mol. The Kier molecular flexibility index (Phi) is 6.40. The number of rotatable bonds is 6. The summed E-state index contributed by atoms with van der Waals surface area (Å²) >= 11 is 0. The summed E-state index contributed by atoms with van der Waals surface area (Å²) in [6, 6.07) is 22.4. The molecule has 0 saturated carbocycles. The lowest BCUT2D eigenvalue weighted by Gasteiger charge is -2.23. The van der Waals surface area contributed by atoms with Crippen LogP contribution in [0.3, 0.4) is 0 Å². The fourth-order valence-corrected chi connectivity index (χ4v) is 3.75. The maximum absolute atomic E-state index is 13.1. The quantitative estimate of drug-likeness (QED) is 0.618. The van der Waals surface area contributed by atoms with Gasteiger partial charge in [0.05, 0.1) is 7.11 Å². The van der Waals surface area contributed by atoms with Crippen molar-refractivity contribution in [3.8, 4) is 11.5 Å². The number of hydrogen-bond acceptors (Lipinski definition) is 4. The minimum atomic E-state index is -0.530. The van der Waals surface area contributed by atoms with Crippen LogP contribution in [0.5, 0.6) is 11.5 Å². The van der Waals surface area contributed by atoms with E-state index in [1.807, 2.05) is 54.3 Å².